The molecule has 1 N–H and O–H groups in total. The summed E-state index contributed by atoms with van der Waals surface area (Å²) < 4.78 is 4.89. The van der Waals surface area contributed by atoms with Crippen LogP contribution in [0.1, 0.15) is 26.3 Å². The van der Waals surface area contributed by atoms with Crippen LogP contribution in [0.15, 0.2) is 41.0 Å². The predicted molar refractivity (Wildman–Crippen MR) is 77.8 cm³/mol. The Hall–Kier alpha value is -2.27. The molecule has 0 atom stereocenters. The Morgan fingerprint density at radius 1 is 1.24 bits per heavy atom. The number of carboxylic acid groups (broad SMARTS) is 1. The third-order valence-electron chi connectivity index (χ3n) is 3.16. The van der Waals surface area contributed by atoms with Gasteiger partial charge in [0.15, 0.2) is 0 Å². The Balaban J connectivity index is 2.05. The third kappa shape index (κ3) is 3.44. The Morgan fingerprint density at radius 2 is 1.95 bits per heavy atom. The number of hydrogen-bond donors (Lipinski definition) is 1. The van der Waals surface area contributed by atoms with E-state index >= 15 is 0 Å². The zero-order chi connectivity index (χ0) is 15.4. The van der Waals surface area contributed by atoms with E-state index in [1.54, 1.807) is 31.3 Å². The molecule has 6 heteroatoms. The summed E-state index contributed by atoms with van der Waals surface area (Å²) in [7, 11) is 1.63. The van der Waals surface area contributed by atoms with E-state index in [9.17, 15) is 9.59 Å². The molecule has 1 heterocycles. The number of carbonyl (C=O) groups is 2. The molecule has 0 saturated heterocycles. The second-order valence-corrected chi connectivity index (χ2v) is 4.89. The molecule has 1 aromatic carbocycles. The van der Waals surface area contributed by atoms with Crippen LogP contribution in [0.2, 0.25) is 5.22 Å². The first kappa shape index (κ1) is 15.1. The number of aromatic carboxylic acids is 1. The van der Waals surface area contributed by atoms with Gasteiger partial charge in [-0.1, -0.05) is 18.2 Å². The molecule has 0 saturated carbocycles. The van der Waals surface area contributed by atoms with Crippen LogP contribution < -0.4 is 0 Å². The number of carboxylic acids is 1. The lowest BCUT2D eigenvalue weighted by molar-refractivity contribution is 0.0695. The van der Waals surface area contributed by atoms with Gasteiger partial charge in [0, 0.05) is 13.6 Å². The van der Waals surface area contributed by atoms with Gasteiger partial charge < -0.3 is 14.4 Å². The fourth-order valence-electron chi connectivity index (χ4n) is 1.99. The molecule has 2 rings (SSSR count). The van der Waals surface area contributed by atoms with E-state index in [1.807, 2.05) is 0 Å². The largest absolute Gasteiger partial charge is 0.478 e. The van der Waals surface area contributed by atoms with Crippen molar-refractivity contribution < 1.29 is 19.1 Å². The predicted octanol–water partition coefficient (Wildman–Crippen LogP) is 2.95. The maximum Gasteiger partial charge on any atom is 0.335 e. The molecule has 0 fully saturated rings. The van der Waals surface area contributed by atoms with Crippen molar-refractivity contribution in [2.45, 2.75) is 6.42 Å². The summed E-state index contributed by atoms with van der Waals surface area (Å²) >= 11 is 5.77. The van der Waals surface area contributed by atoms with Crippen LogP contribution in [0, 0.1) is 0 Å². The van der Waals surface area contributed by atoms with Crippen LogP contribution >= 0.6 is 11.6 Å². The first-order valence-corrected chi connectivity index (χ1v) is 6.68. The molecule has 21 heavy (non-hydrogen) atoms. The van der Waals surface area contributed by atoms with Gasteiger partial charge in [-0.15, -0.1) is 0 Å². The molecule has 110 valence electrons. The highest BCUT2D eigenvalue weighted by Gasteiger charge is 2.18. The number of carbonyl (C=O) groups excluding carboxylic acids is 1. The average molecular weight is 308 g/mol. The van der Waals surface area contributed by atoms with E-state index in [4.69, 9.17) is 21.1 Å². The lowest BCUT2D eigenvalue weighted by Crippen LogP contribution is -2.29. The fourth-order valence-corrected chi connectivity index (χ4v) is 2.18. The van der Waals surface area contributed by atoms with Crippen LogP contribution in [0.4, 0.5) is 0 Å². The van der Waals surface area contributed by atoms with Gasteiger partial charge in [0.2, 0.25) is 5.22 Å². The highest BCUT2D eigenvalue weighted by Crippen LogP contribution is 2.18. The first-order valence-electron chi connectivity index (χ1n) is 6.30. The number of rotatable bonds is 5. The summed E-state index contributed by atoms with van der Waals surface area (Å²) in [5.74, 6) is -1.24. The van der Waals surface area contributed by atoms with Crippen molar-refractivity contribution in [1.82, 2.24) is 4.90 Å². The van der Waals surface area contributed by atoms with Crippen molar-refractivity contribution in [3.05, 3.63) is 58.5 Å². The minimum absolute atomic E-state index is 0.0535. The van der Waals surface area contributed by atoms with E-state index in [1.165, 1.54) is 17.2 Å². The topological polar surface area (TPSA) is 70.8 Å². The van der Waals surface area contributed by atoms with Crippen molar-refractivity contribution in [3.8, 4) is 0 Å². The Kier molecular flexibility index (Phi) is 4.65. The molecule has 1 aromatic heterocycles. The molecule has 0 aliphatic rings. The lowest BCUT2D eigenvalue weighted by atomic mass is 10.0. The summed E-state index contributed by atoms with van der Waals surface area (Å²) in [6, 6.07) is 8.25. The number of furan rings is 1. The van der Waals surface area contributed by atoms with Gasteiger partial charge in [0.05, 0.1) is 17.4 Å². The standard InChI is InChI=1S/C15H14ClNO4/c1-17(14(18)12-7-9-21-13(12)16)8-6-10-4-2-3-5-11(10)15(19)20/h2-5,7,9H,6,8H2,1H3,(H,19,20). The summed E-state index contributed by atoms with van der Waals surface area (Å²) in [6.07, 6.45) is 1.79. The van der Waals surface area contributed by atoms with Gasteiger partial charge in [-0.3, -0.25) is 4.79 Å². The Labute approximate surface area is 126 Å². The third-order valence-corrected chi connectivity index (χ3v) is 3.45. The van der Waals surface area contributed by atoms with Gasteiger partial charge in [-0.2, -0.15) is 0 Å². The monoisotopic (exact) mass is 307 g/mol. The highest BCUT2D eigenvalue weighted by atomic mass is 35.5. The van der Waals surface area contributed by atoms with Gasteiger partial charge in [0.25, 0.3) is 5.91 Å². The molecule has 0 unspecified atom stereocenters. The molecule has 0 aliphatic carbocycles. The van der Waals surface area contributed by atoms with E-state index in [0.717, 1.165) is 0 Å². The first-order chi connectivity index (χ1) is 10.0. The number of nitrogens with zero attached hydrogens (tertiary/aromatic N) is 1. The number of hydrogen-bond acceptors (Lipinski definition) is 3. The minimum atomic E-state index is -0.975. The van der Waals surface area contributed by atoms with E-state index < -0.39 is 5.97 Å². The van der Waals surface area contributed by atoms with E-state index in [-0.39, 0.29) is 16.7 Å². The second-order valence-electron chi connectivity index (χ2n) is 4.55. The SMILES string of the molecule is CN(CCc1ccccc1C(=O)O)C(=O)c1ccoc1Cl. The number of benzene rings is 1. The molecule has 0 radical (unpaired) electrons. The van der Waals surface area contributed by atoms with Crippen LogP contribution in [0.5, 0.6) is 0 Å². The minimum Gasteiger partial charge on any atom is -0.478 e. The molecule has 1 amide bonds. The smallest absolute Gasteiger partial charge is 0.335 e. The molecule has 0 aliphatic heterocycles. The zero-order valence-electron chi connectivity index (χ0n) is 11.4. The van der Waals surface area contributed by atoms with Crippen molar-refractivity contribution in [2.75, 3.05) is 13.6 Å². The summed E-state index contributed by atoms with van der Waals surface area (Å²) in [6.45, 7) is 0.380. The maximum atomic E-state index is 12.1. The van der Waals surface area contributed by atoms with Crippen LogP contribution in [-0.4, -0.2) is 35.5 Å². The van der Waals surface area contributed by atoms with Gasteiger partial charge in [0.1, 0.15) is 0 Å². The van der Waals surface area contributed by atoms with Crippen molar-refractivity contribution >= 4 is 23.5 Å². The number of amides is 1. The van der Waals surface area contributed by atoms with Gasteiger partial charge in [-0.05, 0) is 35.7 Å². The number of likely N-dealkylation sites (N-methyl/N-ethyl adjacent to an activating group) is 1. The molecule has 2 aromatic rings. The Morgan fingerprint density at radius 3 is 2.57 bits per heavy atom. The normalized spacial score (nSPS) is 10.4. The molecule has 0 spiro atoms. The maximum absolute atomic E-state index is 12.1. The highest BCUT2D eigenvalue weighted by molar-refractivity contribution is 6.32. The summed E-state index contributed by atoms with van der Waals surface area (Å²) in [5, 5.41) is 9.17. The second kappa shape index (κ2) is 6.45. The zero-order valence-corrected chi connectivity index (χ0v) is 12.1. The molecular formula is C15H14ClNO4. The van der Waals surface area contributed by atoms with Gasteiger partial charge in [-0.25, -0.2) is 4.79 Å². The summed E-state index contributed by atoms with van der Waals surface area (Å²) in [5.41, 5.74) is 1.23. The van der Waals surface area contributed by atoms with E-state index in [2.05, 4.69) is 0 Å². The summed E-state index contributed by atoms with van der Waals surface area (Å²) in [4.78, 5) is 24.7. The molecule has 0 bridgehead atoms. The van der Waals surface area contributed by atoms with Crippen molar-refractivity contribution in [2.24, 2.45) is 0 Å². The Bertz CT molecular complexity index is 665. The fraction of sp³-hybridized carbons (Fsp3) is 0.200. The number of halogens is 1. The van der Waals surface area contributed by atoms with Crippen molar-refractivity contribution in [3.63, 3.8) is 0 Å². The van der Waals surface area contributed by atoms with Crippen LogP contribution in [-0.2, 0) is 6.42 Å². The van der Waals surface area contributed by atoms with Crippen LogP contribution in [0.3, 0.4) is 0 Å². The molecule has 5 nitrogen and oxygen atoms in total. The quantitative estimate of drug-likeness (QED) is 0.922. The van der Waals surface area contributed by atoms with E-state index in [0.29, 0.717) is 24.1 Å². The van der Waals surface area contributed by atoms with Crippen molar-refractivity contribution in [1.29, 1.82) is 0 Å². The average Bonchev–Trinajstić information content (AvgIpc) is 2.90. The van der Waals surface area contributed by atoms with Gasteiger partial charge >= 0.3 is 5.97 Å². The van der Waals surface area contributed by atoms with Crippen LogP contribution in [0.25, 0.3) is 0 Å². The lowest BCUT2D eigenvalue weighted by Gasteiger charge is -2.17. The molecular weight excluding hydrogens is 294 g/mol.